The molecule has 2 unspecified atom stereocenters. The number of amides is 2. The highest BCUT2D eigenvalue weighted by Gasteiger charge is 2.44. The normalized spacial score (nSPS) is 34.3. The zero-order valence-corrected chi connectivity index (χ0v) is 8.83. The topological polar surface area (TPSA) is 58.2 Å². The summed E-state index contributed by atoms with van der Waals surface area (Å²) < 4.78 is 0. The lowest BCUT2D eigenvalue weighted by Crippen LogP contribution is -2.62. The van der Waals surface area contributed by atoms with Gasteiger partial charge in [0.05, 0.1) is 11.5 Å². The first-order chi connectivity index (χ1) is 7.07. The van der Waals surface area contributed by atoms with E-state index in [4.69, 9.17) is 0 Å². The van der Waals surface area contributed by atoms with Crippen molar-refractivity contribution in [1.29, 1.82) is 0 Å². The van der Waals surface area contributed by atoms with Crippen LogP contribution in [0.2, 0.25) is 0 Å². The predicted molar refractivity (Wildman–Crippen MR) is 56.3 cm³/mol. The summed E-state index contributed by atoms with van der Waals surface area (Å²) in [6.07, 6.45) is 4.84. The fourth-order valence-corrected chi connectivity index (χ4v) is 2.38. The van der Waals surface area contributed by atoms with Gasteiger partial charge < -0.3 is 15.4 Å². The van der Waals surface area contributed by atoms with E-state index < -0.39 is 5.41 Å². The maximum Gasteiger partial charge on any atom is 0.315 e. The van der Waals surface area contributed by atoms with Crippen molar-refractivity contribution in [3.05, 3.63) is 23.3 Å². The van der Waals surface area contributed by atoms with E-state index in [0.29, 0.717) is 6.54 Å². The molecule has 1 heterocycles. The van der Waals surface area contributed by atoms with Crippen LogP contribution in [0.5, 0.6) is 0 Å². The fraction of sp³-hybridized carbons (Fsp3) is 0.455. The zero-order valence-electron chi connectivity index (χ0n) is 8.83. The second-order valence-electron chi connectivity index (χ2n) is 4.27. The van der Waals surface area contributed by atoms with E-state index in [2.05, 4.69) is 10.6 Å². The molecular weight excluding hydrogens is 192 g/mol. The summed E-state index contributed by atoms with van der Waals surface area (Å²) in [5.74, 6) is 0. The van der Waals surface area contributed by atoms with Gasteiger partial charge in [-0.05, 0) is 19.4 Å². The molecule has 0 aromatic heterocycles. The second-order valence-corrected chi connectivity index (χ2v) is 4.27. The Bertz CT molecular complexity index is 384. The largest absolute Gasteiger partial charge is 0.337 e. The van der Waals surface area contributed by atoms with Crippen LogP contribution >= 0.6 is 0 Å². The van der Waals surface area contributed by atoms with Crippen LogP contribution in [0.1, 0.15) is 13.8 Å². The molecule has 2 N–H and O–H groups in total. The number of hydrogen-bond acceptors (Lipinski definition) is 2. The van der Waals surface area contributed by atoms with Crippen molar-refractivity contribution in [1.82, 2.24) is 10.6 Å². The van der Waals surface area contributed by atoms with Crippen LogP contribution in [0.3, 0.4) is 0 Å². The molecule has 0 radical (unpaired) electrons. The average Bonchev–Trinajstić information content (AvgIpc) is 2.19. The minimum atomic E-state index is -0.614. The highest BCUT2D eigenvalue weighted by molar-refractivity contribution is 5.81. The maximum absolute atomic E-state index is 11.3. The van der Waals surface area contributed by atoms with E-state index in [1.807, 2.05) is 26.0 Å². The number of fused-ring (bicyclic) bond motifs is 1. The first-order valence-corrected chi connectivity index (χ1v) is 4.96. The lowest BCUT2D eigenvalue weighted by Gasteiger charge is -2.41. The summed E-state index contributed by atoms with van der Waals surface area (Å²) in [6.45, 7) is 4.27. The highest BCUT2D eigenvalue weighted by atomic mass is 16.2. The maximum atomic E-state index is 11.3. The summed E-state index contributed by atoms with van der Waals surface area (Å²) in [5, 5.41) is 5.45. The predicted octanol–water partition coefficient (Wildman–Crippen LogP) is 0.759. The summed E-state index contributed by atoms with van der Waals surface area (Å²) in [4.78, 5) is 22.5. The van der Waals surface area contributed by atoms with Gasteiger partial charge in [0.15, 0.2) is 0 Å². The number of hydrogen-bond donors (Lipinski definition) is 2. The second kappa shape index (κ2) is 3.22. The molecule has 0 saturated carbocycles. The minimum absolute atomic E-state index is 0.201. The smallest absolute Gasteiger partial charge is 0.315 e. The van der Waals surface area contributed by atoms with Gasteiger partial charge in [0.25, 0.3) is 0 Å². The lowest BCUT2D eigenvalue weighted by molar-refractivity contribution is -0.115. The molecule has 0 spiro atoms. The molecule has 0 aromatic carbocycles. The first kappa shape index (κ1) is 9.96. The Morgan fingerprint density at radius 2 is 2.27 bits per heavy atom. The Balaban J connectivity index is 2.43. The van der Waals surface area contributed by atoms with Crippen molar-refractivity contribution >= 4 is 12.3 Å². The van der Waals surface area contributed by atoms with Crippen LogP contribution in [-0.4, -0.2) is 24.9 Å². The third-order valence-electron chi connectivity index (χ3n) is 2.99. The van der Waals surface area contributed by atoms with Crippen molar-refractivity contribution in [2.75, 3.05) is 6.54 Å². The molecule has 2 amide bonds. The van der Waals surface area contributed by atoms with E-state index in [0.717, 1.165) is 17.4 Å². The van der Waals surface area contributed by atoms with Gasteiger partial charge in [-0.2, -0.15) is 0 Å². The van der Waals surface area contributed by atoms with Gasteiger partial charge in [-0.15, -0.1) is 0 Å². The number of aldehydes is 1. The molecule has 1 aliphatic heterocycles. The lowest BCUT2D eigenvalue weighted by atomic mass is 9.72. The summed E-state index contributed by atoms with van der Waals surface area (Å²) in [7, 11) is 0. The Morgan fingerprint density at radius 1 is 1.53 bits per heavy atom. The van der Waals surface area contributed by atoms with E-state index >= 15 is 0 Å². The summed E-state index contributed by atoms with van der Waals surface area (Å²) >= 11 is 0. The van der Waals surface area contributed by atoms with Crippen LogP contribution in [-0.2, 0) is 4.79 Å². The highest BCUT2D eigenvalue weighted by Crippen LogP contribution is 2.33. The standard InChI is InChI=1S/C11H14N2O2/c1-7-3-8(2)9-11(4-7,6-14)5-12-10(15)13-9/h3-4,6,9H,5H2,1-2H3,(H2,12,13,15). The number of carbonyl (C=O) groups is 2. The summed E-state index contributed by atoms with van der Waals surface area (Å²) in [6, 6.07) is -0.411. The number of allylic oxidation sites excluding steroid dienone is 2. The molecule has 15 heavy (non-hydrogen) atoms. The van der Waals surface area contributed by atoms with E-state index in [1.165, 1.54) is 0 Å². The molecule has 0 aromatic rings. The van der Waals surface area contributed by atoms with Gasteiger partial charge in [-0.3, -0.25) is 0 Å². The molecule has 2 atom stereocenters. The fourth-order valence-electron chi connectivity index (χ4n) is 2.38. The third-order valence-corrected chi connectivity index (χ3v) is 2.99. The quantitative estimate of drug-likeness (QED) is 0.622. The van der Waals surface area contributed by atoms with Gasteiger partial charge in [-0.1, -0.05) is 17.7 Å². The van der Waals surface area contributed by atoms with Crippen molar-refractivity contribution in [3.8, 4) is 0 Å². The number of carbonyl (C=O) groups excluding carboxylic acids is 2. The molecule has 1 saturated heterocycles. The van der Waals surface area contributed by atoms with E-state index in [-0.39, 0.29) is 12.1 Å². The summed E-state index contributed by atoms with van der Waals surface area (Å²) in [5.41, 5.74) is 1.47. The van der Waals surface area contributed by atoms with Crippen molar-refractivity contribution < 1.29 is 9.59 Å². The Morgan fingerprint density at radius 3 is 2.93 bits per heavy atom. The van der Waals surface area contributed by atoms with Crippen molar-refractivity contribution in [3.63, 3.8) is 0 Å². The van der Waals surface area contributed by atoms with Gasteiger partial charge in [0.1, 0.15) is 6.29 Å². The SMILES string of the molecule is CC1=CC2(C=O)CNC(=O)NC2C(C)=C1. The van der Waals surface area contributed by atoms with Crippen molar-refractivity contribution in [2.45, 2.75) is 19.9 Å². The number of rotatable bonds is 1. The first-order valence-electron chi connectivity index (χ1n) is 4.96. The van der Waals surface area contributed by atoms with Gasteiger partial charge >= 0.3 is 6.03 Å². The van der Waals surface area contributed by atoms with Gasteiger partial charge in [0, 0.05) is 6.54 Å². The van der Waals surface area contributed by atoms with Crippen LogP contribution in [0.15, 0.2) is 23.3 Å². The Kier molecular flexibility index (Phi) is 2.14. The van der Waals surface area contributed by atoms with E-state index in [9.17, 15) is 9.59 Å². The molecule has 2 aliphatic rings. The van der Waals surface area contributed by atoms with Crippen LogP contribution in [0, 0.1) is 5.41 Å². The molecule has 1 aliphatic carbocycles. The van der Waals surface area contributed by atoms with Crippen LogP contribution in [0.4, 0.5) is 4.79 Å². The molecule has 1 fully saturated rings. The molecule has 0 bridgehead atoms. The molecule has 2 rings (SSSR count). The van der Waals surface area contributed by atoms with Crippen LogP contribution < -0.4 is 10.6 Å². The zero-order chi connectivity index (χ0) is 11.1. The monoisotopic (exact) mass is 206 g/mol. The molecule has 4 heteroatoms. The Labute approximate surface area is 88.4 Å². The molecule has 4 nitrogen and oxygen atoms in total. The van der Waals surface area contributed by atoms with Gasteiger partial charge in [-0.25, -0.2) is 4.79 Å². The van der Waals surface area contributed by atoms with Crippen LogP contribution in [0.25, 0.3) is 0 Å². The number of urea groups is 1. The number of nitrogens with one attached hydrogen (secondary N) is 2. The Hall–Kier alpha value is -1.58. The average molecular weight is 206 g/mol. The molecular formula is C11H14N2O2. The minimum Gasteiger partial charge on any atom is -0.337 e. The van der Waals surface area contributed by atoms with Gasteiger partial charge in [0.2, 0.25) is 0 Å². The third kappa shape index (κ3) is 1.46. The molecule has 80 valence electrons. The van der Waals surface area contributed by atoms with Crippen molar-refractivity contribution in [2.24, 2.45) is 5.41 Å². The van der Waals surface area contributed by atoms with E-state index in [1.54, 1.807) is 0 Å².